The van der Waals surface area contributed by atoms with Gasteiger partial charge in [0.25, 0.3) is 0 Å². The van der Waals surface area contributed by atoms with Crippen molar-refractivity contribution in [3.63, 3.8) is 0 Å². The van der Waals surface area contributed by atoms with E-state index in [1.165, 1.54) is 462 Å². The Morgan fingerprint density at radius 3 is 0.405 bits per heavy atom. The predicted molar refractivity (Wildman–Crippen MR) is 545 cm³/mol. The molecule has 0 aliphatic heterocycles. The molecule has 0 fully saturated rings. The van der Waals surface area contributed by atoms with Gasteiger partial charge in [-0.15, -0.1) is 0 Å². The standard InChI is InChI=1S/C74H144N2O6.C36H70O4.C2H8N2/c1-5-9-13-17-29-41-53-67(69(55-43-31-19-15-11-7-3)59-47-35-23-27-39-51-63-73(79)80)57-45-33-21-25-37-49-61-71(77)75-65-66-76-72(78)62-50-38-26-22-34-46-58-68(54-42-30-18-14-10-6-2)70(56-44-32-20-16-12-8-4)60-48-36-24-28-40-52-64-74(81)82;1-3-5-7-9-15-21-27-33(29-23-17-11-13-19-25-31-35(37)38)34(28-22-16-10-8-6-4-2)30-24-18-12-14-20-26-32-36(39)40;3-1-2-4/h67-70H,5-66H2,1-4H3,(H,75,77)(H,76,78)(H,79,80)(H,81,82);33-34H,3-32H2,1-2H3,(H,37,38)(H,39,40);1-4H2. The third kappa shape index (κ3) is 101. The Kier molecular flexibility index (Phi) is 108. The lowest BCUT2D eigenvalue weighted by atomic mass is 9.78. The van der Waals surface area contributed by atoms with E-state index in [1.807, 2.05) is 0 Å². The molecule has 6 atom stereocenters. The maximum atomic E-state index is 12.6. The van der Waals surface area contributed by atoms with Gasteiger partial charge in [-0.3, -0.25) is 28.8 Å². The van der Waals surface area contributed by atoms with Gasteiger partial charge < -0.3 is 42.5 Å². The second kappa shape index (κ2) is 107. The highest BCUT2D eigenvalue weighted by molar-refractivity contribution is 5.77. The first-order chi connectivity index (χ1) is 61.6. The van der Waals surface area contributed by atoms with Crippen molar-refractivity contribution in [3.05, 3.63) is 0 Å². The van der Waals surface area contributed by atoms with E-state index < -0.39 is 23.9 Å². The molecular formula is C112H222N4O10. The molecule has 0 aromatic rings. The fourth-order valence-corrected chi connectivity index (χ4v) is 19.8. The summed E-state index contributed by atoms with van der Waals surface area (Å²) in [6.45, 7) is 16.0. The Bertz CT molecular complexity index is 2070. The molecule has 0 heterocycles. The molecule has 0 spiro atoms. The average Bonchev–Trinajstić information content (AvgIpc) is 0.924. The molecule has 750 valence electrons. The normalized spacial score (nSPS) is 12.9. The van der Waals surface area contributed by atoms with E-state index in [0.717, 1.165) is 113 Å². The molecule has 0 aliphatic carbocycles. The minimum Gasteiger partial charge on any atom is -0.481 e. The largest absolute Gasteiger partial charge is 0.481 e. The number of rotatable bonds is 103. The van der Waals surface area contributed by atoms with Gasteiger partial charge in [0.05, 0.1) is 0 Å². The zero-order chi connectivity index (χ0) is 92.8. The van der Waals surface area contributed by atoms with Crippen molar-refractivity contribution in [2.75, 3.05) is 26.2 Å². The summed E-state index contributed by atoms with van der Waals surface area (Å²) in [5.74, 6) is 2.77. The van der Waals surface area contributed by atoms with Gasteiger partial charge in [-0.25, -0.2) is 0 Å². The highest BCUT2D eigenvalue weighted by Gasteiger charge is 2.25. The Morgan fingerprint density at radius 2 is 0.286 bits per heavy atom. The maximum absolute atomic E-state index is 12.6. The molecule has 0 saturated heterocycles. The van der Waals surface area contributed by atoms with Gasteiger partial charge in [0.2, 0.25) is 11.8 Å². The van der Waals surface area contributed by atoms with E-state index in [1.54, 1.807) is 0 Å². The highest BCUT2D eigenvalue weighted by atomic mass is 16.4. The lowest BCUT2D eigenvalue weighted by Gasteiger charge is -2.28. The number of nitrogens with two attached hydrogens (primary N) is 2. The molecule has 0 aromatic heterocycles. The van der Waals surface area contributed by atoms with E-state index >= 15 is 0 Å². The summed E-state index contributed by atoms with van der Waals surface area (Å²) in [7, 11) is 0. The van der Waals surface area contributed by atoms with E-state index in [-0.39, 0.29) is 11.8 Å². The van der Waals surface area contributed by atoms with E-state index in [4.69, 9.17) is 31.9 Å². The smallest absolute Gasteiger partial charge is 0.303 e. The van der Waals surface area contributed by atoms with Crippen LogP contribution in [-0.4, -0.2) is 82.3 Å². The van der Waals surface area contributed by atoms with Gasteiger partial charge in [-0.05, 0) is 74.0 Å². The molecule has 0 radical (unpaired) electrons. The lowest BCUT2D eigenvalue weighted by molar-refractivity contribution is -0.138. The first-order valence-electron chi connectivity index (χ1n) is 56.4. The molecule has 2 amide bonds. The summed E-state index contributed by atoms with van der Waals surface area (Å²) in [6, 6.07) is 0. The SMILES string of the molecule is CCCCCCCCC(CCCCCCCCC(=O)O)C(CCCCCCCC)CCCCCCCCC(=O)NCCNC(=O)CCCCCCCCC(CCCCCCCC)C(CCCCCCCC)CCCCCCCCC(=O)O.CCCCCCCCC(CCCCCCCCC(=O)O)C(CCCCCCCC)CCCCCCCCC(=O)O.NCCN. The molecule has 0 aliphatic rings. The van der Waals surface area contributed by atoms with Crippen LogP contribution in [-0.2, 0) is 28.8 Å². The van der Waals surface area contributed by atoms with Crippen molar-refractivity contribution in [1.82, 2.24) is 10.6 Å². The van der Waals surface area contributed by atoms with Gasteiger partial charge in [0, 0.05) is 64.7 Å². The highest BCUT2D eigenvalue weighted by Crippen LogP contribution is 2.38. The third-order valence-corrected chi connectivity index (χ3v) is 27.8. The Labute approximate surface area is 783 Å². The predicted octanol–water partition coefficient (Wildman–Crippen LogP) is 34.4. The van der Waals surface area contributed by atoms with Crippen LogP contribution in [0.5, 0.6) is 0 Å². The number of hydrogen-bond acceptors (Lipinski definition) is 8. The van der Waals surface area contributed by atoms with Crippen molar-refractivity contribution >= 4 is 35.7 Å². The minimum absolute atomic E-state index is 0.113. The molecule has 14 heteroatoms. The Morgan fingerprint density at radius 1 is 0.175 bits per heavy atom. The Hall–Kier alpha value is -3.26. The average molecular weight is 1790 g/mol. The zero-order valence-electron chi connectivity index (χ0n) is 85.3. The van der Waals surface area contributed by atoms with E-state index in [9.17, 15) is 28.8 Å². The van der Waals surface area contributed by atoms with Crippen molar-refractivity contribution < 1.29 is 49.2 Å². The van der Waals surface area contributed by atoms with Crippen LogP contribution in [0.2, 0.25) is 0 Å². The van der Waals surface area contributed by atoms with Gasteiger partial charge in [0.1, 0.15) is 0 Å². The number of nitrogens with one attached hydrogen (secondary N) is 2. The summed E-state index contributed by atoms with van der Waals surface area (Å²) in [6.07, 6.45) is 111. The number of unbranched alkanes of at least 4 members (excludes halogenated alkanes) is 60. The lowest BCUT2D eigenvalue weighted by Crippen LogP contribution is -2.34. The number of aliphatic carboxylic acids is 4. The van der Waals surface area contributed by atoms with Gasteiger partial charge >= 0.3 is 23.9 Å². The monoisotopic (exact) mass is 1780 g/mol. The number of carboxylic acid groups (broad SMARTS) is 4. The molecule has 0 rings (SSSR count). The van der Waals surface area contributed by atoms with Crippen LogP contribution in [0, 0.1) is 35.5 Å². The van der Waals surface area contributed by atoms with Crippen LogP contribution in [0.4, 0.5) is 0 Å². The van der Waals surface area contributed by atoms with E-state index in [2.05, 4.69) is 52.2 Å². The van der Waals surface area contributed by atoms with Crippen molar-refractivity contribution in [1.29, 1.82) is 0 Å². The fraction of sp³-hybridized carbons (Fsp3) is 0.946. The van der Waals surface area contributed by atoms with Crippen molar-refractivity contribution in [2.45, 2.75) is 619 Å². The number of amides is 2. The summed E-state index contributed by atoms with van der Waals surface area (Å²) in [5.41, 5.74) is 9.81. The van der Waals surface area contributed by atoms with Crippen LogP contribution >= 0.6 is 0 Å². The molecule has 14 nitrogen and oxygen atoms in total. The molecule has 6 unspecified atom stereocenters. The third-order valence-electron chi connectivity index (χ3n) is 27.8. The van der Waals surface area contributed by atoms with Crippen molar-refractivity contribution in [3.8, 4) is 0 Å². The quantitative estimate of drug-likeness (QED) is 0.0265. The summed E-state index contributed by atoms with van der Waals surface area (Å²) < 4.78 is 0. The first kappa shape index (κ1) is 127. The zero-order valence-corrected chi connectivity index (χ0v) is 85.3. The fourth-order valence-electron chi connectivity index (χ4n) is 19.8. The molecular weight excluding hydrogens is 1560 g/mol. The molecule has 126 heavy (non-hydrogen) atoms. The second-order valence-corrected chi connectivity index (χ2v) is 39.7. The first-order valence-corrected chi connectivity index (χ1v) is 56.4. The molecule has 0 saturated carbocycles. The van der Waals surface area contributed by atoms with Crippen LogP contribution in [0.3, 0.4) is 0 Å². The maximum Gasteiger partial charge on any atom is 0.303 e. The van der Waals surface area contributed by atoms with Gasteiger partial charge in [-0.2, -0.15) is 0 Å². The number of carbonyl (C=O) groups excluding carboxylic acids is 2. The molecule has 10 N–H and O–H groups in total. The van der Waals surface area contributed by atoms with Gasteiger partial charge in [-0.1, -0.05) is 542 Å². The van der Waals surface area contributed by atoms with Crippen LogP contribution < -0.4 is 22.1 Å². The van der Waals surface area contributed by atoms with Crippen LogP contribution in [0.15, 0.2) is 0 Å². The van der Waals surface area contributed by atoms with E-state index in [0.29, 0.717) is 64.7 Å². The minimum atomic E-state index is -0.661. The Balaban J connectivity index is -0.00000285. The molecule has 0 aromatic carbocycles. The number of hydrogen-bond donors (Lipinski definition) is 8. The topological polar surface area (TPSA) is 259 Å². The van der Waals surface area contributed by atoms with Crippen LogP contribution in [0.1, 0.15) is 619 Å². The second-order valence-electron chi connectivity index (χ2n) is 39.7. The number of carbonyl (C=O) groups is 6. The summed E-state index contributed by atoms with van der Waals surface area (Å²) >= 11 is 0. The number of carboxylic acids is 4. The van der Waals surface area contributed by atoms with Crippen molar-refractivity contribution in [2.24, 2.45) is 47.0 Å². The summed E-state index contributed by atoms with van der Waals surface area (Å²) in [4.78, 5) is 68.6. The van der Waals surface area contributed by atoms with Crippen LogP contribution in [0.25, 0.3) is 0 Å². The van der Waals surface area contributed by atoms with Gasteiger partial charge in [0.15, 0.2) is 0 Å². The summed E-state index contributed by atoms with van der Waals surface area (Å²) in [5, 5.41) is 41.8. The molecule has 0 bridgehead atoms.